The lowest BCUT2D eigenvalue weighted by Gasteiger charge is -2.26. The maximum Gasteiger partial charge on any atom is 0.257 e. The van der Waals surface area contributed by atoms with E-state index in [1.807, 2.05) is 12.1 Å². The molecule has 2 aromatic rings. The molecule has 1 aliphatic rings. The van der Waals surface area contributed by atoms with Gasteiger partial charge in [0.05, 0.1) is 24.0 Å². The van der Waals surface area contributed by atoms with Crippen molar-refractivity contribution in [2.24, 2.45) is 0 Å². The molecule has 3 heterocycles. The van der Waals surface area contributed by atoms with Crippen LogP contribution >= 0.6 is 0 Å². The highest BCUT2D eigenvalue weighted by Gasteiger charge is 2.37. The van der Waals surface area contributed by atoms with Crippen LogP contribution in [0, 0.1) is 6.92 Å². The van der Waals surface area contributed by atoms with Crippen LogP contribution in [0.25, 0.3) is 0 Å². The number of aryl methyl sites for hydroxylation is 1. The number of rotatable bonds is 3. The van der Waals surface area contributed by atoms with Crippen LogP contribution < -0.4 is 0 Å². The average molecular weight is 286 g/mol. The van der Waals surface area contributed by atoms with Crippen molar-refractivity contribution in [2.75, 3.05) is 6.54 Å². The Morgan fingerprint density at radius 2 is 2.19 bits per heavy atom. The topological polar surface area (TPSA) is 66.6 Å². The third-order valence-corrected chi connectivity index (χ3v) is 4.05. The van der Waals surface area contributed by atoms with Crippen LogP contribution in [0.4, 0.5) is 0 Å². The molecule has 2 atom stereocenters. The van der Waals surface area contributed by atoms with Crippen molar-refractivity contribution in [3.63, 3.8) is 0 Å². The SMILES string of the molecule is Cc1occc1C(=O)N1CC[C@@H](O)[C@@H]1Cc1ccncc1. The molecule has 0 spiro atoms. The highest BCUT2D eigenvalue weighted by molar-refractivity contribution is 5.95. The van der Waals surface area contributed by atoms with E-state index in [2.05, 4.69) is 4.98 Å². The van der Waals surface area contributed by atoms with Gasteiger partial charge in [0.25, 0.3) is 5.91 Å². The molecule has 1 saturated heterocycles. The molecule has 5 heteroatoms. The Bertz CT molecular complexity index is 623. The lowest BCUT2D eigenvalue weighted by molar-refractivity contribution is 0.0638. The van der Waals surface area contributed by atoms with E-state index >= 15 is 0 Å². The first-order chi connectivity index (χ1) is 10.2. The van der Waals surface area contributed by atoms with Crippen LogP contribution in [-0.2, 0) is 6.42 Å². The minimum Gasteiger partial charge on any atom is -0.469 e. The van der Waals surface area contributed by atoms with Crippen LogP contribution in [0.3, 0.4) is 0 Å². The molecule has 0 radical (unpaired) electrons. The van der Waals surface area contributed by atoms with Crippen molar-refractivity contribution < 1.29 is 14.3 Å². The summed E-state index contributed by atoms with van der Waals surface area (Å²) < 4.78 is 5.21. The van der Waals surface area contributed by atoms with Gasteiger partial charge in [0.15, 0.2) is 0 Å². The minimum atomic E-state index is -0.491. The number of furan rings is 1. The predicted octanol–water partition coefficient (Wildman–Crippen LogP) is 1.80. The highest BCUT2D eigenvalue weighted by Crippen LogP contribution is 2.25. The van der Waals surface area contributed by atoms with Crippen molar-refractivity contribution in [2.45, 2.75) is 31.9 Å². The van der Waals surface area contributed by atoms with Crippen LogP contribution in [-0.4, -0.2) is 39.6 Å². The number of pyridine rings is 1. The van der Waals surface area contributed by atoms with Crippen LogP contribution in [0.2, 0.25) is 0 Å². The largest absolute Gasteiger partial charge is 0.469 e. The Hall–Kier alpha value is -2.14. The number of hydrogen-bond acceptors (Lipinski definition) is 4. The molecule has 3 rings (SSSR count). The third-order valence-electron chi connectivity index (χ3n) is 4.05. The molecule has 0 bridgehead atoms. The normalized spacial score (nSPS) is 21.7. The summed E-state index contributed by atoms with van der Waals surface area (Å²) in [6, 6.07) is 5.31. The highest BCUT2D eigenvalue weighted by atomic mass is 16.3. The number of carbonyl (C=O) groups excluding carboxylic acids is 1. The van der Waals surface area contributed by atoms with Gasteiger partial charge < -0.3 is 14.4 Å². The number of amides is 1. The molecule has 0 unspecified atom stereocenters. The van der Waals surface area contributed by atoms with Gasteiger partial charge in [0, 0.05) is 18.9 Å². The summed E-state index contributed by atoms with van der Waals surface area (Å²) in [5, 5.41) is 10.2. The molecule has 5 nitrogen and oxygen atoms in total. The van der Waals surface area contributed by atoms with Crippen LogP contribution in [0.5, 0.6) is 0 Å². The summed E-state index contributed by atoms with van der Waals surface area (Å²) in [7, 11) is 0. The number of aromatic nitrogens is 1. The van der Waals surface area contributed by atoms with E-state index < -0.39 is 6.10 Å². The van der Waals surface area contributed by atoms with E-state index in [0.29, 0.717) is 30.7 Å². The predicted molar refractivity (Wildman–Crippen MR) is 76.8 cm³/mol. The molecule has 1 fully saturated rings. The molecule has 1 aliphatic heterocycles. The zero-order chi connectivity index (χ0) is 14.8. The first kappa shape index (κ1) is 13.8. The summed E-state index contributed by atoms with van der Waals surface area (Å²) in [6.07, 6.45) is 5.72. The second kappa shape index (κ2) is 5.69. The first-order valence-electron chi connectivity index (χ1n) is 7.09. The zero-order valence-corrected chi connectivity index (χ0v) is 11.9. The number of nitrogens with zero attached hydrogens (tertiary/aromatic N) is 2. The standard InChI is InChI=1S/C16H18N2O3/c1-11-13(5-9-21-11)16(20)18-8-4-15(19)14(18)10-12-2-6-17-7-3-12/h2-3,5-7,9,14-15,19H,4,8,10H2,1H3/t14-,15+/m0/s1. The van der Waals surface area contributed by atoms with Gasteiger partial charge in [-0.2, -0.15) is 0 Å². The fraction of sp³-hybridized carbons (Fsp3) is 0.375. The smallest absolute Gasteiger partial charge is 0.257 e. The van der Waals surface area contributed by atoms with Gasteiger partial charge >= 0.3 is 0 Å². The van der Waals surface area contributed by atoms with Crippen LogP contribution in [0.15, 0.2) is 41.3 Å². The van der Waals surface area contributed by atoms with Gasteiger partial charge in [0.2, 0.25) is 0 Å². The Morgan fingerprint density at radius 1 is 1.43 bits per heavy atom. The summed E-state index contributed by atoms with van der Waals surface area (Å²) in [5.41, 5.74) is 1.64. The maximum atomic E-state index is 12.6. The Balaban J connectivity index is 1.81. The van der Waals surface area contributed by atoms with Crippen molar-refractivity contribution >= 4 is 5.91 Å². The lowest BCUT2D eigenvalue weighted by Crippen LogP contribution is -2.41. The van der Waals surface area contributed by atoms with Gasteiger partial charge in [-0.1, -0.05) is 0 Å². The Labute approximate surface area is 123 Å². The molecule has 21 heavy (non-hydrogen) atoms. The number of carbonyl (C=O) groups is 1. The maximum absolute atomic E-state index is 12.6. The van der Waals surface area contributed by atoms with Crippen molar-refractivity contribution in [3.05, 3.63) is 53.7 Å². The second-order valence-electron chi connectivity index (χ2n) is 5.37. The van der Waals surface area contributed by atoms with Gasteiger partial charge in [-0.05, 0) is 43.5 Å². The van der Waals surface area contributed by atoms with Crippen LogP contribution in [0.1, 0.15) is 28.1 Å². The lowest BCUT2D eigenvalue weighted by atomic mass is 10.0. The van der Waals surface area contributed by atoms with E-state index in [4.69, 9.17) is 4.42 Å². The monoisotopic (exact) mass is 286 g/mol. The summed E-state index contributed by atoms with van der Waals surface area (Å²) in [6.45, 7) is 2.35. The van der Waals surface area contributed by atoms with Crippen molar-refractivity contribution in [3.8, 4) is 0 Å². The molecule has 0 aromatic carbocycles. The van der Waals surface area contributed by atoms with Gasteiger partial charge in [-0.25, -0.2) is 0 Å². The Morgan fingerprint density at radius 3 is 2.86 bits per heavy atom. The molecule has 110 valence electrons. The quantitative estimate of drug-likeness (QED) is 0.934. The van der Waals surface area contributed by atoms with E-state index in [0.717, 1.165) is 5.56 Å². The number of aliphatic hydroxyl groups is 1. The minimum absolute atomic E-state index is 0.0724. The number of likely N-dealkylation sites (tertiary alicyclic amines) is 1. The fourth-order valence-electron chi connectivity index (χ4n) is 2.86. The van der Waals surface area contributed by atoms with E-state index in [-0.39, 0.29) is 11.9 Å². The van der Waals surface area contributed by atoms with Gasteiger partial charge in [0.1, 0.15) is 5.76 Å². The third kappa shape index (κ3) is 2.69. The summed E-state index contributed by atoms with van der Waals surface area (Å²) in [4.78, 5) is 18.4. The number of hydrogen-bond donors (Lipinski definition) is 1. The Kier molecular flexibility index (Phi) is 3.75. The average Bonchev–Trinajstić information content (AvgIpc) is 3.07. The number of aliphatic hydroxyl groups excluding tert-OH is 1. The second-order valence-corrected chi connectivity index (χ2v) is 5.37. The molecule has 2 aromatic heterocycles. The summed E-state index contributed by atoms with van der Waals surface area (Å²) in [5.74, 6) is 0.543. The van der Waals surface area contributed by atoms with Crippen molar-refractivity contribution in [1.29, 1.82) is 0 Å². The fourth-order valence-corrected chi connectivity index (χ4v) is 2.86. The zero-order valence-electron chi connectivity index (χ0n) is 11.9. The molecule has 0 aliphatic carbocycles. The molecule has 1 amide bonds. The first-order valence-corrected chi connectivity index (χ1v) is 7.09. The van der Waals surface area contributed by atoms with E-state index in [1.54, 1.807) is 30.3 Å². The summed E-state index contributed by atoms with van der Waals surface area (Å²) >= 11 is 0. The molecular formula is C16H18N2O3. The van der Waals surface area contributed by atoms with E-state index in [1.165, 1.54) is 6.26 Å². The van der Waals surface area contributed by atoms with Gasteiger partial charge in [-0.3, -0.25) is 9.78 Å². The molecule has 1 N–H and O–H groups in total. The van der Waals surface area contributed by atoms with Gasteiger partial charge in [-0.15, -0.1) is 0 Å². The van der Waals surface area contributed by atoms with E-state index in [9.17, 15) is 9.90 Å². The molecule has 0 saturated carbocycles. The van der Waals surface area contributed by atoms with Crippen molar-refractivity contribution in [1.82, 2.24) is 9.88 Å². The molecular weight excluding hydrogens is 268 g/mol.